The van der Waals surface area contributed by atoms with Crippen molar-refractivity contribution < 1.29 is 9.47 Å². The van der Waals surface area contributed by atoms with E-state index in [4.69, 9.17) is 9.47 Å². The fraction of sp³-hybridized carbons (Fsp3) is 0.400. The lowest BCUT2D eigenvalue weighted by Crippen LogP contribution is -2.35. The first-order valence-electron chi connectivity index (χ1n) is 10.9. The van der Waals surface area contributed by atoms with Crippen molar-refractivity contribution >= 4 is 16.6 Å². The molecule has 7 heteroatoms. The summed E-state index contributed by atoms with van der Waals surface area (Å²) in [5, 5.41) is 23.8. The summed E-state index contributed by atoms with van der Waals surface area (Å²) in [5.74, 6) is 1.55. The van der Waals surface area contributed by atoms with Crippen molar-refractivity contribution in [2.75, 3.05) is 38.7 Å². The number of aryl methyl sites for hydroxylation is 1. The van der Waals surface area contributed by atoms with Crippen molar-refractivity contribution in [3.8, 4) is 11.8 Å². The molecule has 1 aliphatic rings. The molecule has 0 spiro atoms. The zero-order valence-electron chi connectivity index (χ0n) is 19.1. The lowest BCUT2D eigenvalue weighted by molar-refractivity contribution is 0.0339. The lowest BCUT2D eigenvalue weighted by Gasteiger charge is -2.27. The number of ether oxygens (including phenoxy) is 2. The van der Waals surface area contributed by atoms with Crippen LogP contribution in [0.1, 0.15) is 40.9 Å². The van der Waals surface area contributed by atoms with Crippen molar-refractivity contribution in [2.24, 2.45) is 0 Å². The molecule has 0 radical (unpaired) electrons. The molecule has 166 valence electrons. The van der Waals surface area contributed by atoms with Gasteiger partial charge < -0.3 is 14.8 Å². The number of hydrogen-bond acceptors (Lipinski definition) is 7. The molecule has 1 fully saturated rings. The summed E-state index contributed by atoms with van der Waals surface area (Å²) in [6.45, 7) is 10.2. The first-order valence-corrected chi connectivity index (χ1v) is 10.9. The number of rotatable bonds is 6. The van der Waals surface area contributed by atoms with Crippen LogP contribution >= 0.6 is 0 Å². The standard InChI is InChI=1S/C25H29N5O2/c1-16-19(14-26)6-5-7-21(16)17(2)27-25-23-13-24(31-4)20(12-22(23)18(3)28-29-25)15-30-8-10-32-11-9-30/h5-7,12-13,17H,8-11,15H2,1-4H3,(H,27,29)/t17-/m1/s1. The maximum atomic E-state index is 9.37. The second-order valence-corrected chi connectivity index (χ2v) is 8.23. The van der Waals surface area contributed by atoms with Crippen LogP contribution in [0.15, 0.2) is 30.3 Å². The van der Waals surface area contributed by atoms with Gasteiger partial charge in [-0.2, -0.15) is 10.4 Å². The molecule has 1 atom stereocenters. The lowest BCUT2D eigenvalue weighted by atomic mass is 9.98. The highest BCUT2D eigenvalue weighted by atomic mass is 16.5. The number of nitriles is 1. The molecule has 2 heterocycles. The van der Waals surface area contributed by atoms with Crippen LogP contribution in [0.3, 0.4) is 0 Å². The molecular weight excluding hydrogens is 402 g/mol. The van der Waals surface area contributed by atoms with E-state index < -0.39 is 0 Å². The third kappa shape index (κ3) is 4.38. The van der Waals surface area contributed by atoms with Crippen LogP contribution < -0.4 is 10.1 Å². The van der Waals surface area contributed by atoms with E-state index in [2.05, 4.69) is 45.5 Å². The minimum atomic E-state index is -0.0393. The van der Waals surface area contributed by atoms with E-state index in [1.54, 1.807) is 7.11 Å². The molecule has 1 saturated heterocycles. The molecule has 4 rings (SSSR count). The molecule has 1 aromatic heterocycles. The highest BCUT2D eigenvalue weighted by molar-refractivity contribution is 5.95. The molecule has 1 N–H and O–H groups in total. The van der Waals surface area contributed by atoms with Gasteiger partial charge in [0.05, 0.1) is 43.7 Å². The Kier molecular flexibility index (Phi) is 6.54. The zero-order chi connectivity index (χ0) is 22.7. The molecule has 3 aromatic rings. The van der Waals surface area contributed by atoms with Gasteiger partial charge in [-0.25, -0.2) is 0 Å². The van der Waals surface area contributed by atoms with Crippen LogP contribution in [0.5, 0.6) is 5.75 Å². The highest BCUT2D eigenvalue weighted by Crippen LogP contribution is 2.33. The van der Waals surface area contributed by atoms with Crippen LogP contribution in [0.4, 0.5) is 5.82 Å². The average molecular weight is 432 g/mol. The Morgan fingerprint density at radius 3 is 2.69 bits per heavy atom. The number of aromatic nitrogens is 2. The van der Waals surface area contributed by atoms with Crippen molar-refractivity contribution in [2.45, 2.75) is 33.4 Å². The summed E-state index contributed by atoms with van der Waals surface area (Å²) >= 11 is 0. The van der Waals surface area contributed by atoms with Crippen LogP contribution in [-0.4, -0.2) is 48.5 Å². The molecule has 0 bridgehead atoms. The van der Waals surface area contributed by atoms with Gasteiger partial charge in [-0.3, -0.25) is 4.90 Å². The molecule has 0 aliphatic carbocycles. The second kappa shape index (κ2) is 9.51. The van der Waals surface area contributed by atoms with E-state index in [-0.39, 0.29) is 6.04 Å². The topological polar surface area (TPSA) is 83.3 Å². The Balaban J connectivity index is 1.70. The van der Waals surface area contributed by atoms with Gasteiger partial charge in [0, 0.05) is 36.0 Å². The number of methoxy groups -OCH3 is 1. The molecule has 7 nitrogen and oxygen atoms in total. The average Bonchev–Trinajstić information content (AvgIpc) is 2.81. The number of benzene rings is 2. The first-order chi connectivity index (χ1) is 15.5. The van der Waals surface area contributed by atoms with Gasteiger partial charge >= 0.3 is 0 Å². The van der Waals surface area contributed by atoms with Crippen molar-refractivity contribution in [1.29, 1.82) is 5.26 Å². The number of anilines is 1. The molecule has 0 saturated carbocycles. The first kappa shape index (κ1) is 22.0. The molecular formula is C25H29N5O2. The molecule has 1 aliphatic heterocycles. The summed E-state index contributed by atoms with van der Waals surface area (Å²) in [7, 11) is 1.71. The number of hydrogen-bond donors (Lipinski definition) is 1. The summed E-state index contributed by atoms with van der Waals surface area (Å²) in [6, 6.07) is 12.2. The Morgan fingerprint density at radius 1 is 1.19 bits per heavy atom. The number of morpholine rings is 1. The van der Waals surface area contributed by atoms with E-state index in [1.165, 1.54) is 0 Å². The Hall–Kier alpha value is -3.21. The molecule has 2 aromatic carbocycles. The predicted octanol–water partition coefficient (Wildman–Crippen LogP) is 4.13. The minimum absolute atomic E-state index is 0.0393. The summed E-state index contributed by atoms with van der Waals surface area (Å²) in [4.78, 5) is 2.38. The fourth-order valence-corrected chi connectivity index (χ4v) is 4.30. The third-order valence-electron chi connectivity index (χ3n) is 6.18. The van der Waals surface area contributed by atoms with Gasteiger partial charge in [0.25, 0.3) is 0 Å². The van der Waals surface area contributed by atoms with Gasteiger partial charge in [0.2, 0.25) is 0 Å². The van der Waals surface area contributed by atoms with E-state index in [0.29, 0.717) is 11.4 Å². The SMILES string of the molecule is COc1cc2c(N[C@H](C)c3cccc(C#N)c3C)nnc(C)c2cc1CN1CCOCC1. The third-order valence-corrected chi connectivity index (χ3v) is 6.18. The van der Waals surface area contributed by atoms with Crippen LogP contribution in [0, 0.1) is 25.2 Å². The maximum Gasteiger partial charge on any atom is 0.157 e. The second-order valence-electron chi connectivity index (χ2n) is 8.23. The minimum Gasteiger partial charge on any atom is -0.496 e. The number of fused-ring (bicyclic) bond motifs is 1. The molecule has 0 amide bonds. The molecule has 0 unspecified atom stereocenters. The van der Waals surface area contributed by atoms with Gasteiger partial charge in [0.15, 0.2) is 5.82 Å². The van der Waals surface area contributed by atoms with Gasteiger partial charge in [-0.1, -0.05) is 12.1 Å². The summed E-state index contributed by atoms with van der Waals surface area (Å²) in [6.07, 6.45) is 0. The Morgan fingerprint density at radius 2 is 1.97 bits per heavy atom. The van der Waals surface area contributed by atoms with Gasteiger partial charge in [0.1, 0.15) is 5.75 Å². The summed E-state index contributed by atoms with van der Waals surface area (Å²) < 4.78 is 11.2. The van der Waals surface area contributed by atoms with E-state index in [0.717, 1.165) is 71.8 Å². The number of nitrogens with one attached hydrogen (secondary N) is 1. The maximum absolute atomic E-state index is 9.37. The van der Waals surface area contributed by atoms with Crippen LogP contribution in [-0.2, 0) is 11.3 Å². The molecule has 32 heavy (non-hydrogen) atoms. The fourth-order valence-electron chi connectivity index (χ4n) is 4.30. The van der Waals surface area contributed by atoms with E-state index >= 15 is 0 Å². The van der Waals surface area contributed by atoms with E-state index in [1.807, 2.05) is 32.0 Å². The van der Waals surface area contributed by atoms with Gasteiger partial charge in [-0.05, 0) is 50.1 Å². The zero-order valence-corrected chi connectivity index (χ0v) is 19.1. The van der Waals surface area contributed by atoms with Crippen LogP contribution in [0.25, 0.3) is 10.8 Å². The van der Waals surface area contributed by atoms with Crippen molar-refractivity contribution in [1.82, 2.24) is 15.1 Å². The van der Waals surface area contributed by atoms with Crippen molar-refractivity contribution in [3.63, 3.8) is 0 Å². The van der Waals surface area contributed by atoms with Gasteiger partial charge in [-0.15, -0.1) is 5.10 Å². The van der Waals surface area contributed by atoms with Crippen LogP contribution in [0.2, 0.25) is 0 Å². The summed E-state index contributed by atoms with van der Waals surface area (Å²) in [5.41, 5.74) is 4.74. The monoisotopic (exact) mass is 431 g/mol. The van der Waals surface area contributed by atoms with Crippen molar-refractivity contribution in [3.05, 3.63) is 58.3 Å². The Labute approximate surface area is 189 Å². The largest absolute Gasteiger partial charge is 0.496 e. The Bertz CT molecular complexity index is 1170. The predicted molar refractivity (Wildman–Crippen MR) is 125 cm³/mol. The van der Waals surface area contributed by atoms with E-state index in [9.17, 15) is 5.26 Å². The normalized spacial score (nSPS) is 15.3. The smallest absolute Gasteiger partial charge is 0.157 e. The number of nitrogens with zero attached hydrogens (tertiary/aromatic N) is 4. The quantitative estimate of drug-likeness (QED) is 0.628. The highest BCUT2D eigenvalue weighted by Gasteiger charge is 2.18.